The molecule has 2 heterocycles. The maximum absolute atomic E-state index is 11.0. The second kappa shape index (κ2) is 2.71. The van der Waals surface area contributed by atoms with Crippen molar-refractivity contribution >= 4 is 5.91 Å². The predicted octanol–water partition coefficient (Wildman–Crippen LogP) is -0.760. The van der Waals surface area contributed by atoms with Crippen LogP contribution in [0.15, 0.2) is 0 Å². The van der Waals surface area contributed by atoms with Crippen molar-refractivity contribution in [2.45, 2.75) is 18.9 Å². The third kappa shape index (κ3) is 1.03. The quantitative estimate of drug-likeness (QED) is 0.543. The summed E-state index contributed by atoms with van der Waals surface area (Å²) >= 11 is 0. The fourth-order valence-electron chi connectivity index (χ4n) is 2.14. The molecule has 4 nitrogen and oxygen atoms in total. The van der Waals surface area contributed by atoms with Gasteiger partial charge in [-0.1, -0.05) is 0 Å². The molecule has 1 atom stereocenters. The van der Waals surface area contributed by atoms with Crippen molar-refractivity contribution in [2.24, 2.45) is 11.1 Å². The summed E-state index contributed by atoms with van der Waals surface area (Å²) in [5.41, 5.74) is 5.39. The lowest BCUT2D eigenvalue weighted by Gasteiger charge is -2.50. The lowest BCUT2D eigenvalue weighted by molar-refractivity contribution is -0.132. The predicted molar refractivity (Wildman–Crippen MR) is 43.5 cm³/mol. The molecule has 1 amide bonds. The van der Waals surface area contributed by atoms with Gasteiger partial charge in [-0.3, -0.25) is 4.79 Å². The molecular weight excluding hydrogens is 156 g/mol. The first-order valence-corrected chi connectivity index (χ1v) is 4.35. The fraction of sp³-hybridized carbons (Fsp3) is 0.875. The van der Waals surface area contributed by atoms with E-state index in [2.05, 4.69) is 5.32 Å². The molecule has 0 radical (unpaired) electrons. The summed E-state index contributed by atoms with van der Waals surface area (Å²) in [5.74, 6) is -0.219. The van der Waals surface area contributed by atoms with Crippen LogP contribution in [-0.4, -0.2) is 31.7 Å². The van der Waals surface area contributed by atoms with E-state index in [-0.39, 0.29) is 17.4 Å². The van der Waals surface area contributed by atoms with Crippen LogP contribution in [0.5, 0.6) is 0 Å². The van der Waals surface area contributed by atoms with Gasteiger partial charge < -0.3 is 15.8 Å². The highest BCUT2D eigenvalue weighted by atomic mass is 16.5. The Hall–Kier alpha value is -0.610. The minimum atomic E-state index is -0.219. The van der Waals surface area contributed by atoms with Crippen LogP contribution >= 0.6 is 0 Å². The summed E-state index contributed by atoms with van der Waals surface area (Å²) in [6, 6.07) is -0.110. The smallest absolute Gasteiger partial charge is 0.235 e. The van der Waals surface area contributed by atoms with Crippen LogP contribution in [0, 0.1) is 5.41 Å². The minimum absolute atomic E-state index is 0.110. The third-order valence-corrected chi connectivity index (χ3v) is 3.04. The van der Waals surface area contributed by atoms with Crippen LogP contribution < -0.4 is 11.1 Å². The summed E-state index contributed by atoms with van der Waals surface area (Å²) in [4.78, 5) is 11.0. The number of carbonyl (C=O) groups excluding carboxylic acids is 1. The molecule has 12 heavy (non-hydrogen) atoms. The Kier molecular flexibility index (Phi) is 1.81. The van der Waals surface area contributed by atoms with Crippen molar-refractivity contribution in [3.05, 3.63) is 0 Å². The number of primary amides is 1. The maximum Gasteiger partial charge on any atom is 0.235 e. The summed E-state index contributed by atoms with van der Waals surface area (Å²) in [6.45, 7) is 2.46. The molecule has 2 saturated heterocycles. The molecular formula is C8H14N2O2. The van der Waals surface area contributed by atoms with Gasteiger partial charge in [-0.2, -0.15) is 0 Å². The zero-order chi connectivity index (χ0) is 8.60. The van der Waals surface area contributed by atoms with E-state index < -0.39 is 0 Å². The Bertz CT molecular complexity index is 199. The van der Waals surface area contributed by atoms with Gasteiger partial charge in [0.05, 0.1) is 6.04 Å². The van der Waals surface area contributed by atoms with Gasteiger partial charge in [0.25, 0.3) is 0 Å². The normalized spacial score (nSPS) is 32.8. The molecule has 2 rings (SSSR count). The Balaban J connectivity index is 2.05. The highest BCUT2D eigenvalue weighted by Gasteiger charge is 2.50. The van der Waals surface area contributed by atoms with Gasteiger partial charge in [-0.15, -0.1) is 0 Å². The topological polar surface area (TPSA) is 64.4 Å². The highest BCUT2D eigenvalue weighted by molar-refractivity contribution is 5.82. The van der Waals surface area contributed by atoms with Crippen molar-refractivity contribution in [3.8, 4) is 0 Å². The summed E-state index contributed by atoms with van der Waals surface area (Å²) in [7, 11) is 0. The number of ether oxygens (including phenoxy) is 1. The molecule has 0 aliphatic carbocycles. The molecule has 0 bridgehead atoms. The number of hydrogen-bond donors (Lipinski definition) is 2. The van der Waals surface area contributed by atoms with Gasteiger partial charge in [0.15, 0.2) is 0 Å². The third-order valence-electron chi connectivity index (χ3n) is 3.04. The van der Waals surface area contributed by atoms with Crippen LogP contribution in [-0.2, 0) is 9.53 Å². The van der Waals surface area contributed by atoms with Gasteiger partial charge in [0.1, 0.15) is 0 Å². The van der Waals surface area contributed by atoms with Gasteiger partial charge in [-0.25, -0.2) is 0 Å². The first-order chi connectivity index (χ1) is 5.75. The SMILES string of the molecule is NC(=O)C1NCC12CCOCC2. The van der Waals surface area contributed by atoms with Gasteiger partial charge in [-0.05, 0) is 12.8 Å². The molecule has 0 aromatic carbocycles. The molecule has 2 aliphatic heterocycles. The van der Waals surface area contributed by atoms with Crippen molar-refractivity contribution in [2.75, 3.05) is 19.8 Å². The highest BCUT2D eigenvalue weighted by Crippen LogP contribution is 2.39. The Morgan fingerprint density at radius 3 is 2.58 bits per heavy atom. The van der Waals surface area contributed by atoms with E-state index in [9.17, 15) is 4.79 Å². The molecule has 0 aromatic rings. The van der Waals surface area contributed by atoms with E-state index in [0.717, 1.165) is 32.6 Å². The lowest BCUT2D eigenvalue weighted by Crippen LogP contribution is -2.68. The molecule has 68 valence electrons. The maximum atomic E-state index is 11.0. The average molecular weight is 170 g/mol. The number of amides is 1. The number of nitrogens with one attached hydrogen (secondary N) is 1. The molecule has 3 N–H and O–H groups in total. The molecule has 0 aromatic heterocycles. The van der Waals surface area contributed by atoms with Crippen molar-refractivity contribution in [3.63, 3.8) is 0 Å². The van der Waals surface area contributed by atoms with Crippen molar-refractivity contribution in [1.82, 2.24) is 5.32 Å². The van der Waals surface area contributed by atoms with E-state index in [1.54, 1.807) is 0 Å². The monoisotopic (exact) mass is 170 g/mol. The van der Waals surface area contributed by atoms with Crippen LogP contribution in [0.2, 0.25) is 0 Å². The van der Waals surface area contributed by atoms with E-state index in [0.29, 0.717) is 0 Å². The van der Waals surface area contributed by atoms with E-state index in [1.165, 1.54) is 0 Å². The molecule has 0 saturated carbocycles. The molecule has 1 spiro atoms. The van der Waals surface area contributed by atoms with Gasteiger partial charge in [0.2, 0.25) is 5.91 Å². The van der Waals surface area contributed by atoms with E-state index in [1.807, 2.05) is 0 Å². The average Bonchev–Trinajstić information content (AvgIpc) is 2.03. The second-order valence-electron chi connectivity index (χ2n) is 3.69. The summed E-state index contributed by atoms with van der Waals surface area (Å²) in [5, 5.41) is 3.08. The van der Waals surface area contributed by atoms with Gasteiger partial charge >= 0.3 is 0 Å². The Labute approximate surface area is 71.4 Å². The number of rotatable bonds is 1. The second-order valence-corrected chi connectivity index (χ2v) is 3.69. The summed E-state index contributed by atoms with van der Waals surface area (Å²) in [6.07, 6.45) is 1.93. The zero-order valence-electron chi connectivity index (χ0n) is 7.01. The van der Waals surface area contributed by atoms with Crippen LogP contribution in [0.3, 0.4) is 0 Å². The molecule has 4 heteroatoms. The number of nitrogens with two attached hydrogens (primary N) is 1. The van der Waals surface area contributed by atoms with Crippen molar-refractivity contribution < 1.29 is 9.53 Å². The first-order valence-electron chi connectivity index (χ1n) is 4.35. The standard InChI is InChI=1S/C8H14N2O2/c9-7(11)6-8(5-10-6)1-3-12-4-2-8/h6,10H,1-5H2,(H2,9,11). The Morgan fingerprint density at radius 1 is 1.50 bits per heavy atom. The van der Waals surface area contributed by atoms with E-state index >= 15 is 0 Å². The Morgan fingerprint density at radius 2 is 2.17 bits per heavy atom. The molecule has 1 unspecified atom stereocenters. The van der Waals surface area contributed by atoms with E-state index in [4.69, 9.17) is 10.5 Å². The fourth-order valence-corrected chi connectivity index (χ4v) is 2.14. The first kappa shape index (κ1) is 8.01. The van der Waals surface area contributed by atoms with Crippen LogP contribution in [0.4, 0.5) is 0 Å². The largest absolute Gasteiger partial charge is 0.381 e. The molecule has 2 fully saturated rings. The number of carbonyl (C=O) groups is 1. The van der Waals surface area contributed by atoms with Gasteiger partial charge in [0, 0.05) is 25.2 Å². The zero-order valence-corrected chi connectivity index (χ0v) is 7.01. The minimum Gasteiger partial charge on any atom is -0.381 e. The molecule has 2 aliphatic rings. The lowest BCUT2D eigenvalue weighted by atomic mass is 9.68. The van der Waals surface area contributed by atoms with Crippen molar-refractivity contribution in [1.29, 1.82) is 0 Å². The summed E-state index contributed by atoms with van der Waals surface area (Å²) < 4.78 is 5.25. The number of hydrogen-bond acceptors (Lipinski definition) is 3. The van der Waals surface area contributed by atoms with Crippen LogP contribution in [0.25, 0.3) is 0 Å². The van der Waals surface area contributed by atoms with Crippen LogP contribution in [0.1, 0.15) is 12.8 Å².